The highest BCUT2D eigenvalue weighted by atomic mass is 16.4. The summed E-state index contributed by atoms with van der Waals surface area (Å²) in [6.07, 6.45) is 1.04. The topological polar surface area (TPSA) is 144 Å². The first-order valence-corrected chi connectivity index (χ1v) is 5.88. The van der Waals surface area contributed by atoms with Gasteiger partial charge in [0.05, 0.1) is 6.20 Å². The molecule has 9 heteroatoms. The summed E-state index contributed by atoms with van der Waals surface area (Å²) >= 11 is 0. The van der Waals surface area contributed by atoms with Crippen LogP contribution in [0.2, 0.25) is 0 Å². The van der Waals surface area contributed by atoms with Crippen LogP contribution in [0.4, 0.5) is 4.79 Å². The number of carbonyl (C=O) groups is 3. The fourth-order valence-corrected chi connectivity index (χ4v) is 1.46. The van der Waals surface area contributed by atoms with Crippen LogP contribution in [0.3, 0.4) is 0 Å². The highest BCUT2D eigenvalue weighted by Crippen LogP contribution is 2.02. The number of aliphatic carboxylic acids is 2. The molecule has 0 spiro atoms. The number of hydrogen-bond donors (Lipinski definition) is 5. The molecule has 20 heavy (non-hydrogen) atoms. The van der Waals surface area contributed by atoms with Crippen LogP contribution in [-0.4, -0.2) is 44.4 Å². The van der Waals surface area contributed by atoms with Crippen molar-refractivity contribution in [1.82, 2.24) is 20.8 Å². The normalized spacial score (nSPS) is 11.7. The second kappa shape index (κ2) is 7.12. The van der Waals surface area contributed by atoms with Gasteiger partial charge in [0.2, 0.25) is 0 Å². The predicted octanol–water partition coefficient (Wildman–Crippen LogP) is -0.165. The van der Waals surface area contributed by atoms with Gasteiger partial charge in [-0.3, -0.25) is 9.89 Å². The van der Waals surface area contributed by atoms with Crippen LogP contribution in [0.5, 0.6) is 0 Å². The Balaban J connectivity index is 2.43. The van der Waals surface area contributed by atoms with Crippen LogP contribution >= 0.6 is 0 Å². The maximum atomic E-state index is 11.5. The van der Waals surface area contributed by atoms with E-state index in [0.717, 1.165) is 11.3 Å². The summed E-state index contributed by atoms with van der Waals surface area (Å²) in [4.78, 5) is 32.8. The molecule has 0 radical (unpaired) electrons. The van der Waals surface area contributed by atoms with Crippen LogP contribution in [0, 0.1) is 6.92 Å². The monoisotopic (exact) mass is 284 g/mol. The number of aryl methyl sites for hydroxylation is 1. The number of aromatic amines is 1. The van der Waals surface area contributed by atoms with Crippen molar-refractivity contribution in [2.24, 2.45) is 0 Å². The quantitative estimate of drug-likeness (QED) is 0.470. The highest BCUT2D eigenvalue weighted by Gasteiger charge is 2.20. The van der Waals surface area contributed by atoms with Crippen molar-refractivity contribution in [2.75, 3.05) is 0 Å². The molecule has 1 unspecified atom stereocenters. The molecular formula is C11H16N4O5. The van der Waals surface area contributed by atoms with Gasteiger partial charge in [-0.25, -0.2) is 9.59 Å². The minimum absolute atomic E-state index is 0.178. The fraction of sp³-hybridized carbons (Fsp3) is 0.455. The van der Waals surface area contributed by atoms with Crippen molar-refractivity contribution in [3.05, 3.63) is 17.5 Å². The molecule has 0 saturated heterocycles. The number of rotatable bonds is 7. The molecule has 1 rings (SSSR count). The van der Waals surface area contributed by atoms with Gasteiger partial charge >= 0.3 is 18.0 Å². The van der Waals surface area contributed by atoms with Crippen molar-refractivity contribution >= 4 is 18.0 Å². The third kappa shape index (κ3) is 4.96. The van der Waals surface area contributed by atoms with Crippen LogP contribution in [0.1, 0.15) is 24.1 Å². The minimum atomic E-state index is -1.28. The molecule has 2 amide bonds. The minimum Gasteiger partial charge on any atom is -0.481 e. The number of carboxylic acid groups (broad SMARTS) is 2. The average molecular weight is 284 g/mol. The number of H-pyrrole nitrogens is 1. The van der Waals surface area contributed by atoms with Crippen molar-refractivity contribution in [1.29, 1.82) is 0 Å². The van der Waals surface area contributed by atoms with Gasteiger partial charge in [-0.15, -0.1) is 0 Å². The Labute approximate surface area is 114 Å². The highest BCUT2D eigenvalue weighted by molar-refractivity contribution is 5.82. The van der Waals surface area contributed by atoms with Crippen molar-refractivity contribution in [3.63, 3.8) is 0 Å². The summed E-state index contributed by atoms with van der Waals surface area (Å²) in [6.45, 7) is 1.98. The van der Waals surface area contributed by atoms with E-state index >= 15 is 0 Å². The zero-order valence-electron chi connectivity index (χ0n) is 10.8. The van der Waals surface area contributed by atoms with Gasteiger partial charge in [0.25, 0.3) is 0 Å². The molecule has 0 aliphatic rings. The number of hydrogen-bond acceptors (Lipinski definition) is 4. The largest absolute Gasteiger partial charge is 0.481 e. The van der Waals surface area contributed by atoms with Gasteiger partial charge in [0.1, 0.15) is 6.04 Å². The Bertz CT molecular complexity index is 499. The van der Waals surface area contributed by atoms with E-state index in [9.17, 15) is 14.4 Å². The van der Waals surface area contributed by atoms with Gasteiger partial charge in [-0.1, -0.05) is 0 Å². The van der Waals surface area contributed by atoms with Crippen LogP contribution < -0.4 is 10.6 Å². The first-order chi connectivity index (χ1) is 9.40. The number of amides is 2. The number of urea groups is 1. The van der Waals surface area contributed by atoms with Gasteiger partial charge in [0, 0.05) is 24.2 Å². The molecule has 0 aliphatic carbocycles. The molecule has 1 aromatic rings. The number of carboxylic acids is 2. The second-order valence-corrected chi connectivity index (χ2v) is 4.17. The van der Waals surface area contributed by atoms with E-state index in [-0.39, 0.29) is 19.4 Å². The predicted molar refractivity (Wildman–Crippen MR) is 67.0 cm³/mol. The van der Waals surface area contributed by atoms with Gasteiger partial charge in [0.15, 0.2) is 0 Å². The number of nitrogens with one attached hydrogen (secondary N) is 3. The van der Waals surface area contributed by atoms with E-state index in [1.54, 1.807) is 13.1 Å². The lowest BCUT2D eigenvalue weighted by Crippen LogP contribution is -2.46. The maximum Gasteiger partial charge on any atom is 0.326 e. The van der Waals surface area contributed by atoms with Crippen LogP contribution in [0.25, 0.3) is 0 Å². The first-order valence-electron chi connectivity index (χ1n) is 5.88. The fourth-order valence-electron chi connectivity index (χ4n) is 1.46. The number of nitrogens with zero attached hydrogens (tertiary/aromatic N) is 1. The molecule has 0 aromatic carbocycles. The van der Waals surface area contributed by atoms with Crippen molar-refractivity contribution < 1.29 is 24.6 Å². The molecule has 0 bridgehead atoms. The Morgan fingerprint density at radius 2 is 2.10 bits per heavy atom. The van der Waals surface area contributed by atoms with E-state index in [4.69, 9.17) is 10.2 Å². The SMILES string of the molecule is Cc1[nH]ncc1CNC(=O)NC(CCC(=O)O)C(=O)O. The third-order valence-electron chi connectivity index (χ3n) is 2.62. The Kier molecular flexibility index (Phi) is 5.51. The second-order valence-electron chi connectivity index (χ2n) is 4.17. The molecule has 9 nitrogen and oxygen atoms in total. The summed E-state index contributed by atoms with van der Waals surface area (Å²) < 4.78 is 0. The Hall–Kier alpha value is -2.58. The summed E-state index contributed by atoms with van der Waals surface area (Å²) in [6, 6.07) is -1.92. The standard InChI is InChI=1S/C11H16N4O5/c1-6-7(5-13-15-6)4-12-11(20)14-8(10(18)19)2-3-9(16)17/h5,8H,2-4H2,1H3,(H,13,15)(H,16,17)(H,18,19)(H2,12,14,20). The zero-order valence-corrected chi connectivity index (χ0v) is 10.8. The molecule has 1 atom stereocenters. The number of carbonyl (C=O) groups excluding carboxylic acids is 1. The van der Waals surface area contributed by atoms with Gasteiger partial charge in [-0.05, 0) is 13.3 Å². The zero-order chi connectivity index (χ0) is 15.1. The molecule has 0 fully saturated rings. The van der Waals surface area contributed by atoms with E-state index < -0.39 is 24.0 Å². The van der Waals surface area contributed by atoms with E-state index in [2.05, 4.69) is 20.8 Å². The smallest absolute Gasteiger partial charge is 0.326 e. The Morgan fingerprint density at radius 3 is 2.60 bits per heavy atom. The Morgan fingerprint density at radius 1 is 1.40 bits per heavy atom. The molecule has 0 aliphatic heterocycles. The maximum absolute atomic E-state index is 11.5. The third-order valence-corrected chi connectivity index (χ3v) is 2.62. The van der Waals surface area contributed by atoms with Crippen molar-refractivity contribution in [2.45, 2.75) is 32.4 Å². The molecule has 5 N–H and O–H groups in total. The van der Waals surface area contributed by atoms with E-state index in [0.29, 0.717) is 0 Å². The summed E-state index contributed by atoms with van der Waals surface area (Å²) in [5, 5.41) is 28.6. The van der Waals surface area contributed by atoms with E-state index in [1.807, 2.05) is 0 Å². The van der Waals surface area contributed by atoms with Crippen LogP contribution in [-0.2, 0) is 16.1 Å². The number of aromatic nitrogens is 2. The molecular weight excluding hydrogens is 268 g/mol. The summed E-state index contributed by atoms with van der Waals surface area (Å²) in [7, 11) is 0. The molecule has 1 heterocycles. The summed E-state index contributed by atoms with van der Waals surface area (Å²) in [5.41, 5.74) is 1.57. The van der Waals surface area contributed by atoms with E-state index in [1.165, 1.54) is 0 Å². The lowest BCUT2D eigenvalue weighted by atomic mass is 10.1. The van der Waals surface area contributed by atoms with Crippen LogP contribution in [0.15, 0.2) is 6.20 Å². The molecule has 0 saturated carbocycles. The lowest BCUT2D eigenvalue weighted by Gasteiger charge is -2.14. The van der Waals surface area contributed by atoms with Gasteiger partial charge < -0.3 is 20.8 Å². The molecule has 110 valence electrons. The average Bonchev–Trinajstić information content (AvgIpc) is 2.77. The first kappa shape index (κ1) is 15.5. The van der Waals surface area contributed by atoms with Crippen molar-refractivity contribution in [3.8, 4) is 0 Å². The molecule has 1 aromatic heterocycles. The lowest BCUT2D eigenvalue weighted by molar-refractivity contribution is -0.140. The summed E-state index contributed by atoms with van der Waals surface area (Å²) in [5.74, 6) is -2.40. The van der Waals surface area contributed by atoms with Gasteiger partial charge in [-0.2, -0.15) is 5.10 Å².